The van der Waals surface area contributed by atoms with Crippen molar-refractivity contribution in [3.05, 3.63) is 29.6 Å². The maximum absolute atomic E-state index is 12.7. The number of nitrogen functional groups attached to an aromatic ring is 1. The first-order valence-electron chi connectivity index (χ1n) is 4.33. The molecule has 1 rings (SSSR count). The molecule has 2 nitrogen and oxygen atoms in total. The van der Waals surface area contributed by atoms with Crippen LogP contribution in [0.2, 0.25) is 0 Å². The average Bonchev–Trinajstić information content (AvgIpc) is 2.03. The summed E-state index contributed by atoms with van der Waals surface area (Å²) in [7, 11) is 0. The van der Waals surface area contributed by atoms with Gasteiger partial charge < -0.3 is 11.5 Å². The monoisotopic (exact) mass is 182 g/mol. The zero-order chi connectivity index (χ0) is 10.0. The molecule has 1 atom stereocenters. The highest BCUT2D eigenvalue weighted by Crippen LogP contribution is 2.24. The van der Waals surface area contributed by atoms with Crippen molar-refractivity contribution in [3.63, 3.8) is 0 Å². The molecule has 1 aromatic carbocycles. The van der Waals surface area contributed by atoms with Gasteiger partial charge in [0.1, 0.15) is 5.82 Å². The van der Waals surface area contributed by atoms with Crippen molar-refractivity contribution in [1.82, 2.24) is 0 Å². The van der Waals surface area contributed by atoms with Crippen molar-refractivity contribution in [2.45, 2.75) is 19.9 Å². The van der Waals surface area contributed by atoms with Gasteiger partial charge in [-0.2, -0.15) is 0 Å². The predicted molar refractivity (Wildman–Crippen MR) is 52.6 cm³/mol. The summed E-state index contributed by atoms with van der Waals surface area (Å²) in [6, 6.07) is 4.21. The van der Waals surface area contributed by atoms with Crippen LogP contribution in [-0.4, -0.2) is 0 Å². The lowest BCUT2D eigenvalue weighted by Gasteiger charge is -2.17. The van der Waals surface area contributed by atoms with Crippen LogP contribution in [0.4, 0.5) is 10.1 Å². The summed E-state index contributed by atoms with van der Waals surface area (Å²) < 4.78 is 12.7. The van der Waals surface area contributed by atoms with Gasteiger partial charge in [0.25, 0.3) is 0 Å². The van der Waals surface area contributed by atoms with Crippen LogP contribution >= 0.6 is 0 Å². The van der Waals surface area contributed by atoms with E-state index in [9.17, 15) is 4.39 Å². The van der Waals surface area contributed by atoms with Gasteiger partial charge in [-0.25, -0.2) is 4.39 Å². The van der Waals surface area contributed by atoms with Gasteiger partial charge in [-0.05, 0) is 23.6 Å². The molecule has 0 saturated carbocycles. The Morgan fingerprint density at radius 3 is 2.38 bits per heavy atom. The van der Waals surface area contributed by atoms with Crippen molar-refractivity contribution < 1.29 is 4.39 Å². The van der Waals surface area contributed by atoms with Gasteiger partial charge in [0.05, 0.1) is 0 Å². The maximum atomic E-state index is 12.7. The second kappa shape index (κ2) is 3.75. The number of anilines is 1. The lowest BCUT2D eigenvalue weighted by Crippen LogP contribution is -2.18. The standard InChI is InChI=1S/C10H15FN2/c1-6(2)10(13)8-4-3-7(11)5-9(8)12/h3-6,10H,12-13H2,1-2H3. The first kappa shape index (κ1) is 9.99. The minimum Gasteiger partial charge on any atom is -0.398 e. The number of rotatable bonds is 2. The largest absolute Gasteiger partial charge is 0.398 e. The van der Waals surface area contributed by atoms with Crippen molar-refractivity contribution in [2.75, 3.05) is 5.73 Å². The minimum absolute atomic E-state index is 0.124. The molecule has 1 aromatic rings. The van der Waals surface area contributed by atoms with E-state index in [4.69, 9.17) is 11.5 Å². The molecule has 3 heteroatoms. The van der Waals surface area contributed by atoms with Crippen LogP contribution in [0, 0.1) is 11.7 Å². The summed E-state index contributed by atoms with van der Waals surface area (Å²) in [5, 5.41) is 0. The number of benzene rings is 1. The zero-order valence-electron chi connectivity index (χ0n) is 7.92. The Balaban J connectivity index is 3.01. The van der Waals surface area contributed by atoms with Gasteiger partial charge in [-0.15, -0.1) is 0 Å². The maximum Gasteiger partial charge on any atom is 0.125 e. The van der Waals surface area contributed by atoms with Gasteiger partial charge in [0.2, 0.25) is 0 Å². The highest BCUT2D eigenvalue weighted by molar-refractivity contribution is 5.48. The van der Waals surface area contributed by atoms with Gasteiger partial charge in [-0.3, -0.25) is 0 Å². The van der Waals surface area contributed by atoms with Crippen molar-refractivity contribution in [1.29, 1.82) is 0 Å². The van der Waals surface area contributed by atoms with Crippen LogP contribution in [0.3, 0.4) is 0 Å². The van der Waals surface area contributed by atoms with Gasteiger partial charge in [0, 0.05) is 11.7 Å². The lowest BCUT2D eigenvalue weighted by atomic mass is 9.96. The highest BCUT2D eigenvalue weighted by atomic mass is 19.1. The summed E-state index contributed by atoms with van der Waals surface area (Å²) in [5.74, 6) is -0.0232. The second-order valence-electron chi connectivity index (χ2n) is 3.54. The summed E-state index contributed by atoms with van der Waals surface area (Å²) in [4.78, 5) is 0. The van der Waals surface area contributed by atoms with Gasteiger partial charge in [0.15, 0.2) is 0 Å². The van der Waals surface area contributed by atoms with E-state index < -0.39 is 0 Å². The first-order valence-corrected chi connectivity index (χ1v) is 4.33. The Labute approximate surface area is 77.7 Å². The fraction of sp³-hybridized carbons (Fsp3) is 0.400. The molecule has 0 aliphatic rings. The Kier molecular flexibility index (Phi) is 2.88. The molecule has 0 radical (unpaired) electrons. The molecule has 72 valence electrons. The van der Waals surface area contributed by atoms with Crippen LogP contribution < -0.4 is 11.5 Å². The smallest absolute Gasteiger partial charge is 0.125 e. The summed E-state index contributed by atoms with van der Waals surface area (Å²) in [6.07, 6.45) is 0. The molecule has 4 N–H and O–H groups in total. The average molecular weight is 182 g/mol. The highest BCUT2D eigenvalue weighted by Gasteiger charge is 2.13. The number of hydrogen-bond acceptors (Lipinski definition) is 2. The van der Waals surface area contributed by atoms with E-state index in [0.29, 0.717) is 11.6 Å². The van der Waals surface area contributed by atoms with Gasteiger partial charge >= 0.3 is 0 Å². The number of nitrogens with two attached hydrogens (primary N) is 2. The fourth-order valence-electron chi connectivity index (χ4n) is 1.21. The topological polar surface area (TPSA) is 52.0 Å². The van der Waals surface area contributed by atoms with Crippen LogP contribution in [0.1, 0.15) is 25.5 Å². The van der Waals surface area contributed by atoms with E-state index in [1.807, 2.05) is 13.8 Å². The Bertz CT molecular complexity index is 297. The first-order chi connectivity index (χ1) is 6.02. The van der Waals surface area contributed by atoms with E-state index in [1.165, 1.54) is 12.1 Å². The molecule has 0 fully saturated rings. The molecule has 0 aliphatic heterocycles. The quantitative estimate of drug-likeness (QED) is 0.688. The van der Waals surface area contributed by atoms with E-state index in [0.717, 1.165) is 5.56 Å². The molecule has 0 amide bonds. The fourth-order valence-corrected chi connectivity index (χ4v) is 1.21. The van der Waals surface area contributed by atoms with Crippen LogP contribution in [0.25, 0.3) is 0 Å². The summed E-state index contributed by atoms with van der Waals surface area (Å²) in [6.45, 7) is 4.01. The molecular weight excluding hydrogens is 167 g/mol. The molecule has 0 saturated heterocycles. The Hall–Kier alpha value is -1.09. The zero-order valence-corrected chi connectivity index (χ0v) is 7.92. The number of hydrogen-bond donors (Lipinski definition) is 2. The predicted octanol–water partition coefficient (Wildman–Crippen LogP) is 2.06. The molecule has 0 aromatic heterocycles. The van der Waals surface area contributed by atoms with Crippen molar-refractivity contribution in [2.24, 2.45) is 11.7 Å². The molecule has 0 bridgehead atoms. The SMILES string of the molecule is CC(C)C(N)c1ccc(F)cc1N. The Morgan fingerprint density at radius 1 is 1.31 bits per heavy atom. The second-order valence-corrected chi connectivity index (χ2v) is 3.54. The van der Waals surface area contributed by atoms with Crippen LogP contribution in [-0.2, 0) is 0 Å². The number of halogens is 1. The van der Waals surface area contributed by atoms with Crippen LogP contribution in [0.5, 0.6) is 0 Å². The minimum atomic E-state index is -0.322. The van der Waals surface area contributed by atoms with Gasteiger partial charge in [-0.1, -0.05) is 19.9 Å². The van der Waals surface area contributed by atoms with E-state index >= 15 is 0 Å². The van der Waals surface area contributed by atoms with E-state index in [-0.39, 0.29) is 11.9 Å². The third-order valence-corrected chi connectivity index (χ3v) is 2.13. The third kappa shape index (κ3) is 2.18. The molecule has 0 spiro atoms. The van der Waals surface area contributed by atoms with E-state index in [2.05, 4.69) is 0 Å². The lowest BCUT2D eigenvalue weighted by molar-refractivity contribution is 0.514. The molecule has 13 heavy (non-hydrogen) atoms. The molecule has 0 aliphatic carbocycles. The van der Waals surface area contributed by atoms with Crippen molar-refractivity contribution >= 4 is 5.69 Å². The summed E-state index contributed by atoms with van der Waals surface area (Å²) >= 11 is 0. The summed E-state index contributed by atoms with van der Waals surface area (Å²) in [5.41, 5.74) is 12.8. The Morgan fingerprint density at radius 2 is 1.92 bits per heavy atom. The molecule has 0 heterocycles. The van der Waals surface area contributed by atoms with E-state index in [1.54, 1.807) is 6.07 Å². The molecular formula is C10H15FN2. The third-order valence-electron chi connectivity index (χ3n) is 2.13. The molecule has 1 unspecified atom stereocenters. The van der Waals surface area contributed by atoms with Crippen LogP contribution in [0.15, 0.2) is 18.2 Å². The normalized spacial score (nSPS) is 13.3. The van der Waals surface area contributed by atoms with Crippen molar-refractivity contribution in [3.8, 4) is 0 Å².